The van der Waals surface area contributed by atoms with Crippen LogP contribution >= 0.6 is 0 Å². The predicted octanol–water partition coefficient (Wildman–Crippen LogP) is 5.73. The largest absolute Gasteiger partial charge is 0.481 e. The molecule has 0 aliphatic carbocycles. The number of aliphatic carboxylic acids is 1. The smallest absolute Gasteiger partial charge is 0.326 e. The van der Waals surface area contributed by atoms with Crippen LogP contribution in [0.2, 0.25) is 0 Å². The van der Waals surface area contributed by atoms with Gasteiger partial charge in [0.15, 0.2) is 0 Å². The van der Waals surface area contributed by atoms with Crippen LogP contribution in [0.4, 0.5) is 21.9 Å². The Hall–Kier alpha value is -4.13. The summed E-state index contributed by atoms with van der Waals surface area (Å²) in [6.45, 7) is 5.69. The van der Waals surface area contributed by atoms with E-state index in [0.717, 1.165) is 27.9 Å². The van der Waals surface area contributed by atoms with Crippen LogP contribution in [-0.4, -0.2) is 30.1 Å². The lowest BCUT2D eigenvalue weighted by molar-refractivity contribution is -0.137. The van der Waals surface area contributed by atoms with Crippen LogP contribution in [0.15, 0.2) is 66.7 Å². The van der Waals surface area contributed by atoms with Crippen molar-refractivity contribution in [2.24, 2.45) is 0 Å². The van der Waals surface area contributed by atoms with E-state index in [2.05, 4.69) is 10.6 Å². The molecule has 0 saturated heterocycles. The molecule has 7 nitrogen and oxygen atoms in total. The second kappa shape index (κ2) is 11.3. The molecule has 3 rings (SSSR count). The Morgan fingerprint density at radius 3 is 2.34 bits per heavy atom. The second-order valence-corrected chi connectivity index (χ2v) is 8.77. The number of anilines is 3. The molecule has 7 heteroatoms. The van der Waals surface area contributed by atoms with Gasteiger partial charge in [0.25, 0.3) is 0 Å². The first-order valence-electron chi connectivity index (χ1n) is 11.5. The van der Waals surface area contributed by atoms with E-state index < -0.39 is 5.97 Å². The van der Waals surface area contributed by atoms with Gasteiger partial charge < -0.3 is 15.7 Å². The molecule has 3 aromatic carbocycles. The molecule has 0 heterocycles. The van der Waals surface area contributed by atoms with E-state index in [0.29, 0.717) is 11.4 Å². The monoisotopic (exact) mass is 473 g/mol. The fourth-order valence-corrected chi connectivity index (χ4v) is 3.92. The number of nitrogens with one attached hydrogen (secondary N) is 2. The zero-order valence-corrected chi connectivity index (χ0v) is 20.5. The first-order valence-corrected chi connectivity index (χ1v) is 11.5. The van der Waals surface area contributed by atoms with Crippen molar-refractivity contribution in [2.45, 2.75) is 39.5 Å². The maximum Gasteiger partial charge on any atom is 0.326 e. The van der Waals surface area contributed by atoms with Gasteiger partial charge in [-0.3, -0.25) is 14.5 Å². The van der Waals surface area contributed by atoms with Crippen LogP contribution in [-0.2, 0) is 16.0 Å². The van der Waals surface area contributed by atoms with E-state index >= 15 is 0 Å². The van der Waals surface area contributed by atoms with Crippen molar-refractivity contribution in [1.82, 2.24) is 0 Å². The third-order valence-corrected chi connectivity index (χ3v) is 5.90. The highest BCUT2D eigenvalue weighted by atomic mass is 16.4. The van der Waals surface area contributed by atoms with Gasteiger partial charge in [0, 0.05) is 24.1 Å². The molecule has 0 aliphatic heterocycles. The van der Waals surface area contributed by atoms with Crippen LogP contribution in [0.25, 0.3) is 0 Å². The Bertz CT molecular complexity index is 1240. The van der Waals surface area contributed by atoms with Crippen molar-refractivity contribution in [2.75, 3.05) is 22.6 Å². The molecule has 0 bridgehead atoms. The number of nitrogens with zero attached hydrogens (tertiary/aromatic N) is 1. The Morgan fingerprint density at radius 2 is 1.66 bits per heavy atom. The van der Waals surface area contributed by atoms with E-state index in [9.17, 15) is 14.4 Å². The molecule has 3 N–H and O–H groups in total. The number of benzene rings is 3. The molecule has 0 fully saturated rings. The summed E-state index contributed by atoms with van der Waals surface area (Å²) in [6.07, 6.45) is 0.202. The number of rotatable bonds is 8. The summed E-state index contributed by atoms with van der Waals surface area (Å²) in [4.78, 5) is 37.9. The molecule has 0 saturated carbocycles. The average Bonchev–Trinajstić information content (AvgIpc) is 2.80. The van der Waals surface area contributed by atoms with Gasteiger partial charge in [-0.1, -0.05) is 49.4 Å². The normalized spacial score (nSPS) is 11.4. The number of carbonyl (C=O) groups excluding carboxylic acids is 2. The van der Waals surface area contributed by atoms with E-state index in [4.69, 9.17) is 5.11 Å². The molecular weight excluding hydrogens is 442 g/mol. The minimum Gasteiger partial charge on any atom is -0.481 e. The van der Waals surface area contributed by atoms with Crippen LogP contribution in [0.3, 0.4) is 0 Å². The topological polar surface area (TPSA) is 98.7 Å². The van der Waals surface area contributed by atoms with Gasteiger partial charge in [-0.2, -0.15) is 0 Å². The van der Waals surface area contributed by atoms with Gasteiger partial charge in [-0.15, -0.1) is 0 Å². The van der Waals surface area contributed by atoms with Gasteiger partial charge in [-0.25, -0.2) is 4.79 Å². The lowest BCUT2D eigenvalue weighted by Crippen LogP contribution is -2.31. The van der Waals surface area contributed by atoms with Gasteiger partial charge in [0.05, 0.1) is 12.8 Å². The fourth-order valence-electron chi connectivity index (χ4n) is 3.92. The summed E-state index contributed by atoms with van der Waals surface area (Å²) in [5.41, 5.74) is 5.68. The summed E-state index contributed by atoms with van der Waals surface area (Å²) in [7, 11) is 1.73. The van der Waals surface area contributed by atoms with Crippen LogP contribution in [0.1, 0.15) is 41.5 Å². The Morgan fingerprint density at radius 1 is 0.914 bits per heavy atom. The first kappa shape index (κ1) is 25.5. The fraction of sp³-hybridized carbons (Fsp3) is 0.250. The van der Waals surface area contributed by atoms with E-state index in [1.807, 2.05) is 63.2 Å². The first-order chi connectivity index (χ1) is 16.6. The number of hydrogen-bond donors (Lipinski definition) is 3. The number of carboxylic acid groups (broad SMARTS) is 1. The van der Waals surface area contributed by atoms with Crippen molar-refractivity contribution < 1.29 is 19.5 Å². The molecule has 1 atom stereocenters. The highest BCUT2D eigenvalue weighted by Gasteiger charge is 2.15. The van der Waals surface area contributed by atoms with Gasteiger partial charge in [0.1, 0.15) is 0 Å². The maximum atomic E-state index is 12.7. The molecule has 1 unspecified atom stereocenters. The summed E-state index contributed by atoms with van der Waals surface area (Å²) in [5.74, 6) is -1.19. The third-order valence-electron chi connectivity index (χ3n) is 5.90. The highest BCUT2D eigenvalue weighted by molar-refractivity contribution is 6.02. The van der Waals surface area contributed by atoms with Gasteiger partial charge in [-0.05, 0) is 66.3 Å². The molecule has 182 valence electrons. The minimum absolute atomic E-state index is 0.0281. The Balaban J connectivity index is 1.62. The van der Waals surface area contributed by atoms with Crippen molar-refractivity contribution in [3.8, 4) is 0 Å². The summed E-state index contributed by atoms with van der Waals surface area (Å²) < 4.78 is 0. The van der Waals surface area contributed by atoms with Crippen molar-refractivity contribution in [3.05, 3.63) is 89.0 Å². The number of carbonyl (C=O) groups is 3. The second-order valence-electron chi connectivity index (χ2n) is 8.77. The van der Waals surface area contributed by atoms with Crippen molar-refractivity contribution in [1.29, 1.82) is 0 Å². The van der Waals surface area contributed by atoms with Crippen LogP contribution in [0, 0.1) is 13.8 Å². The molecule has 3 amide bonds. The summed E-state index contributed by atoms with van der Waals surface area (Å²) >= 11 is 0. The number of aryl methyl sites for hydroxylation is 2. The summed E-state index contributed by atoms with van der Waals surface area (Å²) in [6, 6.07) is 20.2. The zero-order valence-electron chi connectivity index (χ0n) is 20.5. The molecule has 3 aromatic rings. The third kappa shape index (κ3) is 6.93. The lowest BCUT2D eigenvalue weighted by atomic mass is 9.97. The number of amides is 3. The van der Waals surface area contributed by atoms with E-state index in [1.54, 1.807) is 36.2 Å². The predicted molar refractivity (Wildman–Crippen MR) is 139 cm³/mol. The standard InChI is InChI=1S/C28H31N3O4/c1-18-8-5-6-11-25(18)31(4)28(35)30-24-13-12-21(14-20(24)3)16-26(32)29-23-10-7-9-22(17-23)19(2)15-27(33)34/h5-14,17,19H,15-16H2,1-4H3,(H,29,32)(H,30,35)(H,33,34). The molecule has 0 spiro atoms. The quantitative estimate of drug-likeness (QED) is 0.389. The Kier molecular flexibility index (Phi) is 8.25. The zero-order chi connectivity index (χ0) is 25.5. The SMILES string of the molecule is Cc1cc(CC(=O)Nc2cccc(C(C)CC(=O)O)c2)ccc1NC(=O)N(C)c1ccccc1C. The number of para-hydroxylation sites is 1. The number of hydrogen-bond acceptors (Lipinski definition) is 3. The molecule has 0 radical (unpaired) electrons. The minimum atomic E-state index is -0.858. The van der Waals surface area contributed by atoms with E-state index in [-0.39, 0.29) is 30.7 Å². The molecule has 0 aromatic heterocycles. The van der Waals surface area contributed by atoms with Gasteiger partial charge >= 0.3 is 12.0 Å². The average molecular weight is 474 g/mol. The van der Waals surface area contributed by atoms with Crippen LogP contribution < -0.4 is 15.5 Å². The molecular formula is C28H31N3O4. The van der Waals surface area contributed by atoms with Crippen molar-refractivity contribution in [3.63, 3.8) is 0 Å². The molecule has 35 heavy (non-hydrogen) atoms. The van der Waals surface area contributed by atoms with E-state index in [1.165, 1.54) is 0 Å². The summed E-state index contributed by atoms with van der Waals surface area (Å²) in [5, 5.41) is 14.8. The number of urea groups is 1. The van der Waals surface area contributed by atoms with Crippen LogP contribution in [0.5, 0.6) is 0 Å². The Labute approximate surface area is 205 Å². The lowest BCUT2D eigenvalue weighted by Gasteiger charge is -2.21. The highest BCUT2D eigenvalue weighted by Crippen LogP contribution is 2.23. The maximum absolute atomic E-state index is 12.7. The number of carboxylic acids is 1. The molecule has 0 aliphatic rings. The van der Waals surface area contributed by atoms with Crippen molar-refractivity contribution >= 4 is 35.0 Å². The van der Waals surface area contributed by atoms with Gasteiger partial charge in [0.2, 0.25) is 5.91 Å².